The highest BCUT2D eigenvalue weighted by molar-refractivity contribution is 8.24. The molecule has 4 N–H and O–H groups in total. The van der Waals surface area contributed by atoms with Crippen molar-refractivity contribution in [3.63, 3.8) is 0 Å². The number of pyridine rings is 1. The van der Waals surface area contributed by atoms with Gasteiger partial charge in [-0.05, 0) is 50.1 Å². The maximum Gasteiger partial charge on any atom is 0.131 e. The van der Waals surface area contributed by atoms with Gasteiger partial charge >= 0.3 is 0 Å². The summed E-state index contributed by atoms with van der Waals surface area (Å²) in [5.74, 6) is 1.18. The Balaban J connectivity index is 1.54. The van der Waals surface area contributed by atoms with Gasteiger partial charge in [0.1, 0.15) is 5.82 Å². The van der Waals surface area contributed by atoms with E-state index in [2.05, 4.69) is 46.7 Å². The predicted molar refractivity (Wildman–Crippen MR) is 129 cm³/mol. The molecule has 6 nitrogen and oxygen atoms in total. The Bertz CT molecular complexity index is 1100. The number of hydrogen-bond acceptors (Lipinski definition) is 6. The predicted octanol–water partition coefficient (Wildman–Crippen LogP) is 4.84. The van der Waals surface area contributed by atoms with E-state index in [0.29, 0.717) is 29.8 Å². The van der Waals surface area contributed by atoms with Crippen LogP contribution in [-0.2, 0) is 6.54 Å². The summed E-state index contributed by atoms with van der Waals surface area (Å²) in [6.45, 7) is 5.31. The number of nitrogens with zero attached hydrogens (tertiary/aromatic N) is 2. The van der Waals surface area contributed by atoms with Gasteiger partial charge in [0.2, 0.25) is 0 Å². The van der Waals surface area contributed by atoms with Gasteiger partial charge < -0.3 is 15.5 Å². The standard InChI is InChI=1S/C24H30N4O2S/c1-17-8-9-21-20(13-17)22(26-19-6-4-10-25-15-19)14-24(27-21)28-11-12-31(29,30)23-7-3-2-5-18(23)16-28/h2-3,5,7-9,13-14,19,25,29-30H,4,6,10-12,15-16H2,1H3,(H,26,27). The van der Waals surface area contributed by atoms with Crippen molar-refractivity contribution in [1.82, 2.24) is 10.3 Å². The average Bonchev–Trinajstić information content (AvgIpc) is 2.91. The minimum Gasteiger partial charge on any atom is -0.380 e. The molecule has 0 aliphatic carbocycles. The number of nitrogens with one attached hydrogen (secondary N) is 2. The van der Waals surface area contributed by atoms with E-state index in [1.165, 1.54) is 12.0 Å². The molecule has 3 heterocycles. The van der Waals surface area contributed by atoms with Crippen molar-refractivity contribution in [3.05, 3.63) is 59.7 Å². The lowest BCUT2D eigenvalue weighted by atomic mass is 10.1. The van der Waals surface area contributed by atoms with Crippen molar-refractivity contribution in [1.29, 1.82) is 0 Å². The number of piperidine rings is 1. The molecule has 1 aromatic heterocycles. The fourth-order valence-electron chi connectivity index (χ4n) is 4.58. The highest BCUT2D eigenvalue weighted by Crippen LogP contribution is 2.51. The number of hydrogen-bond donors (Lipinski definition) is 4. The molecular weight excluding hydrogens is 408 g/mol. The van der Waals surface area contributed by atoms with Crippen LogP contribution in [0.25, 0.3) is 10.9 Å². The average molecular weight is 439 g/mol. The molecule has 0 saturated carbocycles. The van der Waals surface area contributed by atoms with E-state index in [0.717, 1.165) is 47.5 Å². The number of rotatable bonds is 3. The van der Waals surface area contributed by atoms with Gasteiger partial charge in [0.15, 0.2) is 0 Å². The molecular formula is C24H30N4O2S. The third-order valence-electron chi connectivity index (χ3n) is 6.26. The van der Waals surface area contributed by atoms with E-state index in [1.807, 2.05) is 24.3 Å². The summed E-state index contributed by atoms with van der Waals surface area (Å²) in [6, 6.07) is 16.6. The van der Waals surface area contributed by atoms with E-state index in [4.69, 9.17) is 4.98 Å². The summed E-state index contributed by atoms with van der Waals surface area (Å²) in [6.07, 6.45) is 2.32. The lowest BCUT2D eigenvalue weighted by molar-refractivity contribution is 0.480. The topological polar surface area (TPSA) is 80.7 Å². The zero-order valence-corrected chi connectivity index (χ0v) is 18.7. The maximum atomic E-state index is 10.7. The van der Waals surface area contributed by atoms with E-state index in [-0.39, 0.29) is 0 Å². The van der Waals surface area contributed by atoms with Gasteiger partial charge in [-0.1, -0.05) is 29.8 Å². The first-order chi connectivity index (χ1) is 15.0. The zero-order chi connectivity index (χ0) is 21.4. The Morgan fingerprint density at radius 2 is 2.03 bits per heavy atom. The molecule has 0 amide bonds. The van der Waals surface area contributed by atoms with Gasteiger partial charge in [-0.25, -0.2) is 4.98 Å². The third-order valence-corrected chi connectivity index (χ3v) is 8.12. The number of aryl methyl sites for hydroxylation is 1. The lowest BCUT2D eigenvalue weighted by Gasteiger charge is -2.32. The summed E-state index contributed by atoms with van der Waals surface area (Å²) in [4.78, 5) is 7.81. The molecule has 0 spiro atoms. The first kappa shape index (κ1) is 20.6. The van der Waals surface area contributed by atoms with Crippen LogP contribution in [0.3, 0.4) is 0 Å². The zero-order valence-electron chi connectivity index (χ0n) is 17.8. The van der Waals surface area contributed by atoms with Crippen LogP contribution >= 0.6 is 10.6 Å². The van der Waals surface area contributed by atoms with E-state index < -0.39 is 10.6 Å². The quantitative estimate of drug-likeness (QED) is 0.469. The van der Waals surface area contributed by atoms with Crippen molar-refractivity contribution < 1.29 is 9.11 Å². The minimum atomic E-state index is -2.79. The van der Waals surface area contributed by atoms with Crippen molar-refractivity contribution >= 4 is 33.0 Å². The molecule has 31 heavy (non-hydrogen) atoms. The molecule has 1 saturated heterocycles. The number of anilines is 2. The Morgan fingerprint density at radius 3 is 2.87 bits per heavy atom. The van der Waals surface area contributed by atoms with E-state index >= 15 is 0 Å². The van der Waals surface area contributed by atoms with Gasteiger partial charge in [-0.15, -0.1) is 0 Å². The van der Waals surface area contributed by atoms with Crippen molar-refractivity contribution in [3.8, 4) is 0 Å². The van der Waals surface area contributed by atoms with Gasteiger partial charge in [0, 0.05) is 42.8 Å². The molecule has 7 heteroatoms. The highest BCUT2D eigenvalue weighted by Gasteiger charge is 2.27. The van der Waals surface area contributed by atoms with E-state index in [1.54, 1.807) is 0 Å². The van der Waals surface area contributed by atoms with Crippen molar-refractivity contribution in [2.75, 3.05) is 35.6 Å². The molecule has 3 aromatic rings. The summed E-state index contributed by atoms with van der Waals surface area (Å²) in [7, 11) is -2.79. The fourth-order valence-corrected chi connectivity index (χ4v) is 6.13. The van der Waals surface area contributed by atoms with Gasteiger partial charge in [0.25, 0.3) is 0 Å². The Kier molecular flexibility index (Phi) is 5.52. The first-order valence-electron chi connectivity index (χ1n) is 11.0. The maximum absolute atomic E-state index is 10.7. The molecule has 0 bridgehead atoms. The minimum absolute atomic E-state index is 0.312. The smallest absolute Gasteiger partial charge is 0.131 e. The molecule has 1 unspecified atom stereocenters. The molecule has 1 fully saturated rings. The summed E-state index contributed by atoms with van der Waals surface area (Å²) in [5.41, 5.74) is 4.22. The number of fused-ring (bicyclic) bond motifs is 2. The van der Waals surface area contributed by atoms with Gasteiger partial charge in [-0.2, -0.15) is 10.6 Å². The van der Waals surface area contributed by atoms with Gasteiger partial charge in [-0.3, -0.25) is 9.11 Å². The summed E-state index contributed by atoms with van der Waals surface area (Å²) >= 11 is 0. The molecule has 2 aliphatic heterocycles. The largest absolute Gasteiger partial charge is 0.380 e. The van der Waals surface area contributed by atoms with Crippen LogP contribution in [0.4, 0.5) is 11.5 Å². The highest BCUT2D eigenvalue weighted by atomic mass is 32.3. The molecule has 0 radical (unpaired) electrons. The van der Waals surface area contributed by atoms with E-state index in [9.17, 15) is 9.11 Å². The summed E-state index contributed by atoms with van der Waals surface area (Å²) < 4.78 is 21.4. The van der Waals surface area contributed by atoms with Crippen molar-refractivity contribution in [2.45, 2.75) is 37.2 Å². The lowest BCUT2D eigenvalue weighted by Crippen LogP contribution is -2.38. The van der Waals surface area contributed by atoms with Crippen LogP contribution in [0, 0.1) is 6.92 Å². The first-order valence-corrected chi connectivity index (χ1v) is 12.7. The normalized spacial score (nSPS) is 21.9. The Morgan fingerprint density at radius 1 is 1.16 bits per heavy atom. The molecule has 5 rings (SSSR count). The van der Waals surface area contributed by atoms with Gasteiger partial charge in [0.05, 0.1) is 16.2 Å². The second-order valence-electron chi connectivity index (χ2n) is 8.64. The number of aromatic nitrogens is 1. The van der Waals surface area contributed by atoms with Crippen LogP contribution in [-0.4, -0.2) is 45.5 Å². The molecule has 1 atom stereocenters. The van der Waals surface area contributed by atoms with Crippen LogP contribution in [0.15, 0.2) is 53.4 Å². The monoisotopic (exact) mass is 438 g/mol. The van der Waals surface area contributed by atoms with Crippen LogP contribution in [0.2, 0.25) is 0 Å². The number of benzene rings is 2. The summed E-state index contributed by atoms with van der Waals surface area (Å²) in [5, 5.41) is 8.37. The third kappa shape index (κ3) is 4.23. The molecule has 164 valence electrons. The molecule has 2 aliphatic rings. The fraction of sp³-hybridized carbons (Fsp3) is 0.375. The Hall–Kier alpha value is -2.32. The SMILES string of the molecule is Cc1ccc2nc(N3CCS(O)(O)c4ccccc4C3)cc(NC3CCCNC3)c2c1. The van der Waals surface area contributed by atoms with Crippen LogP contribution < -0.4 is 15.5 Å². The molecule has 2 aromatic carbocycles. The Labute approximate surface area is 185 Å². The van der Waals surface area contributed by atoms with Crippen LogP contribution in [0.5, 0.6) is 0 Å². The second-order valence-corrected chi connectivity index (χ2v) is 10.8. The van der Waals surface area contributed by atoms with Crippen molar-refractivity contribution in [2.24, 2.45) is 0 Å². The van der Waals surface area contributed by atoms with Crippen LogP contribution in [0.1, 0.15) is 24.0 Å². The second kappa shape index (κ2) is 8.31.